The lowest BCUT2D eigenvalue weighted by molar-refractivity contribution is 0.0161. The predicted molar refractivity (Wildman–Crippen MR) is 188 cm³/mol. The van der Waals surface area contributed by atoms with Crippen LogP contribution in [0.2, 0.25) is 0 Å². The molecule has 1 aliphatic carbocycles. The van der Waals surface area contributed by atoms with Crippen LogP contribution in [0.25, 0.3) is 22.3 Å². The van der Waals surface area contributed by atoms with Gasteiger partial charge in [0.25, 0.3) is 0 Å². The second-order valence-electron chi connectivity index (χ2n) is 16.0. The Morgan fingerprint density at radius 3 is 2.40 bits per heavy atom. The molecule has 260 valence electrons. The van der Waals surface area contributed by atoms with Gasteiger partial charge in [-0.3, -0.25) is 10.00 Å². The van der Waals surface area contributed by atoms with Crippen molar-refractivity contribution in [3.05, 3.63) is 30.6 Å². The smallest absolute Gasteiger partial charge is 0.410 e. The van der Waals surface area contributed by atoms with E-state index >= 15 is 0 Å². The number of aromatic nitrogens is 4. The first-order chi connectivity index (χ1) is 23.0. The second kappa shape index (κ2) is 13.5. The van der Waals surface area contributed by atoms with E-state index < -0.39 is 5.60 Å². The highest BCUT2D eigenvalue weighted by Gasteiger charge is 2.40. The van der Waals surface area contributed by atoms with Gasteiger partial charge in [0.05, 0.1) is 16.9 Å². The lowest BCUT2D eigenvalue weighted by Gasteiger charge is -2.43. The second-order valence-corrected chi connectivity index (χ2v) is 16.0. The summed E-state index contributed by atoms with van der Waals surface area (Å²) in [4.78, 5) is 31.4. The predicted octanol–water partition coefficient (Wildman–Crippen LogP) is 5.82. The minimum Gasteiger partial charge on any atom is -0.488 e. The summed E-state index contributed by atoms with van der Waals surface area (Å²) in [6.45, 7) is 19.6. The molecule has 3 aliphatic heterocycles. The van der Waals surface area contributed by atoms with Gasteiger partial charge in [0.15, 0.2) is 0 Å². The summed E-state index contributed by atoms with van der Waals surface area (Å²) in [7, 11) is 0. The molecule has 1 saturated carbocycles. The van der Waals surface area contributed by atoms with E-state index in [1.807, 2.05) is 37.8 Å². The number of likely N-dealkylation sites (tertiary alicyclic amines) is 2. The Morgan fingerprint density at radius 1 is 0.958 bits per heavy atom. The molecule has 48 heavy (non-hydrogen) atoms. The third kappa shape index (κ3) is 7.88. The summed E-state index contributed by atoms with van der Waals surface area (Å²) in [5.41, 5.74) is 2.21. The Bertz CT molecular complexity index is 1570. The third-order valence-corrected chi connectivity index (χ3v) is 10.8. The summed E-state index contributed by atoms with van der Waals surface area (Å²) in [6.07, 6.45) is 8.40. The molecule has 4 aliphatic rings. The fraction of sp³-hybridized carbons (Fsp3) is 0.676. The number of anilines is 1. The molecule has 2 aromatic heterocycles. The number of fused-ring (bicyclic) bond motifs is 1. The van der Waals surface area contributed by atoms with Crippen molar-refractivity contribution in [1.29, 1.82) is 0 Å². The highest BCUT2D eigenvalue weighted by atomic mass is 16.6. The summed E-state index contributed by atoms with van der Waals surface area (Å²) >= 11 is 0. The Kier molecular flexibility index (Phi) is 9.28. The molecule has 4 fully saturated rings. The van der Waals surface area contributed by atoms with Gasteiger partial charge in [-0.05, 0) is 116 Å². The maximum Gasteiger partial charge on any atom is 0.410 e. The molecule has 11 heteroatoms. The zero-order valence-electron chi connectivity index (χ0n) is 29.6. The molecule has 1 aromatic carbocycles. The number of H-pyrrole nitrogens is 1. The van der Waals surface area contributed by atoms with E-state index in [1.165, 1.54) is 32.5 Å². The number of carbonyl (C=O) groups excluding carboxylic acids is 1. The quantitative estimate of drug-likeness (QED) is 0.321. The van der Waals surface area contributed by atoms with Gasteiger partial charge >= 0.3 is 6.09 Å². The average molecular weight is 659 g/mol. The molecule has 1 amide bonds. The van der Waals surface area contributed by atoms with Crippen LogP contribution in [0.3, 0.4) is 0 Å². The van der Waals surface area contributed by atoms with Crippen LogP contribution in [0.4, 0.5) is 10.6 Å². The van der Waals surface area contributed by atoms with Gasteiger partial charge in [0.2, 0.25) is 0 Å². The first-order valence-electron chi connectivity index (χ1n) is 18.2. The number of hydrogen-bond donors (Lipinski definition) is 1. The zero-order chi connectivity index (χ0) is 33.5. The number of rotatable bonds is 8. The molecule has 0 spiro atoms. The first-order valence-corrected chi connectivity index (χ1v) is 18.2. The van der Waals surface area contributed by atoms with Crippen LogP contribution < -0.4 is 9.64 Å². The lowest BCUT2D eigenvalue weighted by atomic mass is 9.92. The molecular formula is C37H54N8O3. The molecule has 5 heterocycles. The van der Waals surface area contributed by atoms with Crippen LogP contribution in [-0.2, 0) is 4.74 Å². The maximum absolute atomic E-state index is 12.4. The van der Waals surface area contributed by atoms with Gasteiger partial charge in [-0.25, -0.2) is 14.8 Å². The van der Waals surface area contributed by atoms with E-state index in [0.717, 1.165) is 105 Å². The highest BCUT2D eigenvalue weighted by Crippen LogP contribution is 2.40. The molecular weight excluding hydrogens is 604 g/mol. The third-order valence-electron chi connectivity index (χ3n) is 10.8. The van der Waals surface area contributed by atoms with Gasteiger partial charge < -0.3 is 24.2 Å². The number of nitrogens with one attached hydrogen (secondary N) is 1. The largest absolute Gasteiger partial charge is 0.488 e. The van der Waals surface area contributed by atoms with Crippen molar-refractivity contribution in [1.82, 2.24) is 34.9 Å². The molecule has 1 atom stereocenters. The average Bonchev–Trinajstić information content (AvgIpc) is 3.63. The Labute approximate surface area is 285 Å². The van der Waals surface area contributed by atoms with Crippen LogP contribution in [0, 0.1) is 11.8 Å². The summed E-state index contributed by atoms with van der Waals surface area (Å²) in [6, 6.07) is 8.67. The van der Waals surface area contributed by atoms with Crippen LogP contribution in [0.1, 0.15) is 73.1 Å². The molecule has 1 N–H and O–H groups in total. The van der Waals surface area contributed by atoms with Gasteiger partial charge in [-0.2, -0.15) is 5.10 Å². The SMILES string of the molecule is C[C@H]1CN(c2cc(-c3[nH]nc4ccc(OC5(C)CC5)cc34)ncn2)CCN1CC1CCN(CC2CCN(C(=O)OC(C)(C)C)CC2)CC1. The van der Waals surface area contributed by atoms with E-state index in [1.54, 1.807) is 6.33 Å². The zero-order valence-corrected chi connectivity index (χ0v) is 29.6. The molecule has 0 unspecified atom stereocenters. The summed E-state index contributed by atoms with van der Waals surface area (Å²) in [5, 5.41) is 8.78. The van der Waals surface area contributed by atoms with Crippen molar-refractivity contribution in [2.45, 2.75) is 90.4 Å². The fourth-order valence-corrected chi connectivity index (χ4v) is 7.61. The highest BCUT2D eigenvalue weighted by molar-refractivity contribution is 5.93. The van der Waals surface area contributed by atoms with Gasteiger partial charge in [-0.15, -0.1) is 0 Å². The van der Waals surface area contributed by atoms with Crippen molar-refractivity contribution >= 4 is 22.8 Å². The van der Waals surface area contributed by atoms with Gasteiger partial charge in [0.1, 0.15) is 29.1 Å². The standard InChI is InChI=1S/C37H54N8O3/c1-26-22-45(33-21-32(38-25-39-33)34-30-20-29(47-37(5)12-13-37)6-7-31(30)40-41-34)19-18-44(26)24-28-8-14-42(15-9-28)23-27-10-16-43(17-11-27)35(46)48-36(2,3)4/h6-7,20-21,25-28H,8-19,22-24H2,1-5H3,(H,40,41)/t26-/m0/s1. The van der Waals surface area contributed by atoms with E-state index in [-0.39, 0.29) is 11.7 Å². The van der Waals surface area contributed by atoms with Crippen LogP contribution in [0.5, 0.6) is 5.75 Å². The lowest BCUT2D eigenvalue weighted by Crippen LogP contribution is -2.54. The van der Waals surface area contributed by atoms with Crippen molar-refractivity contribution in [2.24, 2.45) is 11.8 Å². The number of piperidine rings is 2. The number of aromatic amines is 1. The summed E-state index contributed by atoms with van der Waals surface area (Å²) < 4.78 is 11.8. The Morgan fingerprint density at radius 2 is 1.69 bits per heavy atom. The normalized spacial score (nSPS) is 23.1. The molecule has 0 radical (unpaired) electrons. The fourth-order valence-electron chi connectivity index (χ4n) is 7.61. The van der Waals surface area contributed by atoms with Crippen molar-refractivity contribution < 1.29 is 14.3 Å². The molecule has 0 bridgehead atoms. The van der Waals surface area contributed by atoms with Gasteiger partial charge in [-0.1, -0.05) is 0 Å². The van der Waals surface area contributed by atoms with E-state index in [2.05, 4.69) is 55.9 Å². The van der Waals surface area contributed by atoms with Crippen LogP contribution in [0.15, 0.2) is 30.6 Å². The number of carbonyl (C=O) groups is 1. The maximum atomic E-state index is 12.4. The number of benzene rings is 1. The minimum atomic E-state index is -0.434. The van der Waals surface area contributed by atoms with Crippen molar-refractivity contribution in [3.8, 4) is 17.1 Å². The van der Waals surface area contributed by atoms with Crippen molar-refractivity contribution in [3.63, 3.8) is 0 Å². The van der Waals surface area contributed by atoms with Crippen molar-refractivity contribution in [2.75, 3.05) is 63.8 Å². The van der Waals surface area contributed by atoms with Crippen LogP contribution >= 0.6 is 0 Å². The Balaban J connectivity index is 0.874. The first kappa shape index (κ1) is 33.1. The molecule has 3 saturated heterocycles. The van der Waals surface area contributed by atoms with E-state index in [9.17, 15) is 4.79 Å². The monoisotopic (exact) mass is 658 g/mol. The topological polar surface area (TPSA) is 103 Å². The minimum absolute atomic E-state index is 0.0271. The number of nitrogens with zero attached hydrogens (tertiary/aromatic N) is 7. The Hall–Kier alpha value is -3.44. The number of hydrogen-bond acceptors (Lipinski definition) is 9. The van der Waals surface area contributed by atoms with Crippen LogP contribution in [-0.4, -0.2) is 117 Å². The number of ether oxygens (including phenoxy) is 2. The molecule has 11 nitrogen and oxygen atoms in total. The number of amides is 1. The molecule has 7 rings (SSSR count). The molecule has 3 aromatic rings. The summed E-state index contributed by atoms with van der Waals surface area (Å²) in [5.74, 6) is 3.27. The van der Waals surface area contributed by atoms with E-state index in [0.29, 0.717) is 12.0 Å². The van der Waals surface area contributed by atoms with Gasteiger partial charge in [0, 0.05) is 63.3 Å². The van der Waals surface area contributed by atoms with E-state index in [4.69, 9.17) is 14.5 Å². The number of piperazine rings is 1.